The number of aromatic nitrogens is 2. The van der Waals surface area contributed by atoms with Crippen LogP contribution in [0.2, 0.25) is 0 Å². The second-order valence-electron chi connectivity index (χ2n) is 7.35. The average molecular weight is 442 g/mol. The summed E-state index contributed by atoms with van der Waals surface area (Å²) in [4.78, 5) is 12.3. The van der Waals surface area contributed by atoms with Gasteiger partial charge in [-0.25, -0.2) is 18.0 Å². The highest BCUT2D eigenvalue weighted by Crippen LogP contribution is 2.19. The van der Waals surface area contributed by atoms with E-state index >= 15 is 0 Å². The lowest BCUT2D eigenvalue weighted by Gasteiger charge is -2.17. The minimum atomic E-state index is -2.48. The van der Waals surface area contributed by atoms with Gasteiger partial charge in [0, 0.05) is 12.2 Å². The van der Waals surface area contributed by atoms with Gasteiger partial charge in [-0.2, -0.15) is 5.10 Å². The van der Waals surface area contributed by atoms with Crippen LogP contribution in [0.3, 0.4) is 0 Å². The largest absolute Gasteiger partial charge is 0.428 e. The van der Waals surface area contributed by atoms with Crippen molar-refractivity contribution in [3.8, 4) is 11.4 Å². The molecule has 7 nitrogen and oxygen atoms in total. The second-order valence-corrected chi connectivity index (χ2v) is 8.25. The molecular formula is C23H27N3O4S. The Morgan fingerprint density at radius 1 is 1.10 bits per heavy atom. The zero-order chi connectivity index (χ0) is 22.5. The Kier molecular flexibility index (Phi) is 7.25. The first-order valence-corrected chi connectivity index (χ1v) is 11.2. The van der Waals surface area contributed by atoms with Gasteiger partial charge in [0.15, 0.2) is 0 Å². The van der Waals surface area contributed by atoms with Crippen LogP contribution in [0.25, 0.3) is 5.69 Å². The van der Waals surface area contributed by atoms with E-state index in [4.69, 9.17) is 4.74 Å². The van der Waals surface area contributed by atoms with Gasteiger partial charge < -0.3 is 4.74 Å². The molecule has 8 heteroatoms. The normalized spacial score (nSPS) is 11.9. The molecule has 1 amide bonds. The maximum Gasteiger partial charge on any atom is 0.428 e. The number of carbonyl (C=O) groups is 1. The molecule has 0 saturated heterocycles. The first kappa shape index (κ1) is 22.7. The van der Waals surface area contributed by atoms with E-state index in [1.54, 1.807) is 24.3 Å². The summed E-state index contributed by atoms with van der Waals surface area (Å²) < 4.78 is 29.1. The van der Waals surface area contributed by atoms with Crippen LogP contribution in [0, 0.1) is 20.8 Å². The van der Waals surface area contributed by atoms with E-state index in [0.29, 0.717) is 12.2 Å². The number of nitrogens with zero attached hydrogens (tertiary/aromatic N) is 3. The van der Waals surface area contributed by atoms with E-state index in [2.05, 4.69) is 18.9 Å². The summed E-state index contributed by atoms with van der Waals surface area (Å²) in [6.07, 6.45) is 0.478. The molecule has 0 radical (unpaired) electrons. The topological polar surface area (TPSA) is 84.7 Å². The third-order valence-corrected chi connectivity index (χ3v) is 5.91. The Labute approximate surface area is 185 Å². The van der Waals surface area contributed by atoms with Gasteiger partial charge in [0.1, 0.15) is 5.75 Å². The van der Waals surface area contributed by atoms with Crippen molar-refractivity contribution in [3.05, 3.63) is 76.6 Å². The molecule has 3 aromatic rings. The predicted molar refractivity (Wildman–Crippen MR) is 121 cm³/mol. The van der Waals surface area contributed by atoms with Crippen LogP contribution in [0.5, 0.6) is 5.75 Å². The van der Waals surface area contributed by atoms with Crippen LogP contribution >= 0.6 is 0 Å². The van der Waals surface area contributed by atoms with Crippen molar-refractivity contribution < 1.29 is 18.3 Å². The zero-order valence-electron chi connectivity index (χ0n) is 18.2. The fourth-order valence-electron chi connectivity index (χ4n) is 3.46. The Morgan fingerprint density at radius 3 is 2.29 bits per heavy atom. The van der Waals surface area contributed by atoms with Crippen LogP contribution in [0.15, 0.2) is 48.5 Å². The van der Waals surface area contributed by atoms with Crippen LogP contribution in [-0.2, 0) is 24.1 Å². The lowest BCUT2D eigenvalue weighted by molar-refractivity contribution is 0.178. The first-order valence-electron chi connectivity index (χ1n) is 10.1. The van der Waals surface area contributed by atoms with Crippen molar-refractivity contribution in [1.29, 1.82) is 0 Å². The van der Waals surface area contributed by atoms with E-state index in [1.807, 2.05) is 42.8 Å². The molecule has 0 aliphatic heterocycles. The van der Waals surface area contributed by atoms with Crippen LogP contribution in [-0.4, -0.2) is 35.5 Å². The zero-order valence-corrected chi connectivity index (χ0v) is 19.0. The Bertz CT molecular complexity index is 1080. The van der Waals surface area contributed by atoms with Gasteiger partial charge in [0.25, 0.3) is 11.3 Å². The fraction of sp³-hybridized carbons (Fsp3) is 0.304. The smallest absolute Gasteiger partial charge is 0.410 e. The minimum absolute atomic E-state index is 0.0487. The maximum absolute atomic E-state index is 12.3. The molecule has 0 aliphatic rings. The average Bonchev–Trinajstić information content (AvgIpc) is 3.03. The van der Waals surface area contributed by atoms with Gasteiger partial charge in [-0.3, -0.25) is 4.55 Å². The van der Waals surface area contributed by atoms with E-state index in [0.717, 1.165) is 38.9 Å². The Balaban J connectivity index is 1.66. The summed E-state index contributed by atoms with van der Waals surface area (Å²) >= 11 is -2.48. The highest BCUT2D eigenvalue weighted by atomic mass is 32.2. The van der Waals surface area contributed by atoms with Gasteiger partial charge >= 0.3 is 6.09 Å². The summed E-state index contributed by atoms with van der Waals surface area (Å²) in [5.41, 5.74) is 6.30. The molecule has 0 spiro atoms. The van der Waals surface area contributed by atoms with Gasteiger partial charge in [-0.1, -0.05) is 36.8 Å². The van der Waals surface area contributed by atoms with Gasteiger partial charge in [-0.05, 0) is 69.0 Å². The molecule has 164 valence electrons. The van der Waals surface area contributed by atoms with Gasteiger partial charge in [0.2, 0.25) is 0 Å². The van der Waals surface area contributed by atoms with Crippen LogP contribution < -0.4 is 4.74 Å². The third-order valence-electron chi connectivity index (χ3n) is 5.20. The minimum Gasteiger partial charge on any atom is -0.410 e. The Morgan fingerprint density at radius 2 is 1.74 bits per heavy atom. The van der Waals surface area contributed by atoms with E-state index < -0.39 is 17.4 Å². The molecule has 0 aliphatic carbocycles. The SMILES string of the molecule is CCc1c(C)nn(-c2ccc(CCN(C(=O)Oc3ccc(C)cc3)S(=O)O)cc2)c1C. The summed E-state index contributed by atoms with van der Waals surface area (Å²) in [5, 5.41) is 4.62. The van der Waals surface area contributed by atoms with Crippen molar-refractivity contribution in [3.63, 3.8) is 0 Å². The molecule has 0 saturated carbocycles. The first-order chi connectivity index (χ1) is 14.8. The van der Waals surface area contributed by atoms with E-state index in [1.165, 1.54) is 5.56 Å². The summed E-state index contributed by atoms with van der Waals surface area (Å²) in [5.74, 6) is 0.326. The molecular weight excluding hydrogens is 414 g/mol. The third kappa shape index (κ3) is 5.39. The molecule has 1 heterocycles. The summed E-state index contributed by atoms with van der Waals surface area (Å²) in [6, 6.07) is 14.7. The molecule has 31 heavy (non-hydrogen) atoms. The van der Waals surface area contributed by atoms with Crippen LogP contribution in [0.4, 0.5) is 4.79 Å². The maximum atomic E-state index is 12.3. The monoisotopic (exact) mass is 441 g/mol. The number of carbonyl (C=O) groups excluding carboxylic acids is 1. The summed E-state index contributed by atoms with van der Waals surface area (Å²) in [7, 11) is 0. The standard InChI is InChI=1S/C23H27N3O4S/c1-5-22-17(3)24-26(18(22)4)20-10-8-19(9-11-20)14-15-25(31(28)29)23(27)30-21-12-6-16(2)7-13-21/h6-13H,5,14-15H2,1-4H3,(H,28,29). The van der Waals surface area contributed by atoms with Gasteiger partial charge in [-0.15, -0.1) is 0 Å². The van der Waals surface area contributed by atoms with Crippen molar-refractivity contribution in [2.45, 2.75) is 40.5 Å². The lowest BCUT2D eigenvalue weighted by Crippen LogP contribution is -2.36. The number of ether oxygens (including phenoxy) is 1. The van der Waals surface area contributed by atoms with E-state index in [9.17, 15) is 13.6 Å². The molecule has 3 rings (SSSR count). The van der Waals surface area contributed by atoms with Crippen molar-refractivity contribution in [2.75, 3.05) is 6.54 Å². The van der Waals surface area contributed by atoms with Crippen LogP contribution in [0.1, 0.15) is 35.0 Å². The second kappa shape index (κ2) is 9.89. The highest BCUT2D eigenvalue weighted by Gasteiger charge is 2.21. The predicted octanol–water partition coefficient (Wildman–Crippen LogP) is 4.54. The molecule has 1 aromatic heterocycles. The summed E-state index contributed by atoms with van der Waals surface area (Å²) in [6.45, 7) is 8.15. The highest BCUT2D eigenvalue weighted by molar-refractivity contribution is 7.77. The van der Waals surface area contributed by atoms with E-state index in [-0.39, 0.29) is 6.54 Å². The molecule has 0 bridgehead atoms. The number of aryl methyl sites for hydroxylation is 2. The van der Waals surface area contributed by atoms with Gasteiger partial charge in [0.05, 0.1) is 11.4 Å². The quantitative estimate of drug-likeness (QED) is 0.544. The van der Waals surface area contributed by atoms with Crippen molar-refractivity contribution in [2.24, 2.45) is 0 Å². The number of amides is 1. The molecule has 1 atom stereocenters. The van der Waals surface area contributed by atoms with Crippen molar-refractivity contribution in [1.82, 2.24) is 14.1 Å². The molecule has 2 aromatic carbocycles. The molecule has 0 fully saturated rings. The van der Waals surface area contributed by atoms with Crippen molar-refractivity contribution >= 4 is 17.4 Å². The number of rotatable bonds is 7. The molecule has 1 unspecified atom stereocenters. The number of benzene rings is 2. The fourth-order valence-corrected chi connectivity index (χ4v) is 3.88. The molecule has 1 N–H and O–H groups in total. The Hall–Kier alpha value is -2.97. The number of hydrogen-bond donors (Lipinski definition) is 1. The number of hydrogen-bond acceptors (Lipinski definition) is 4. The lowest BCUT2D eigenvalue weighted by atomic mass is 10.1.